The lowest BCUT2D eigenvalue weighted by Gasteiger charge is -2.47. The molecule has 0 aromatic heterocycles. The topological polar surface area (TPSA) is 55.8 Å². The van der Waals surface area contributed by atoms with E-state index >= 15 is 0 Å². The van der Waals surface area contributed by atoms with Gasteiger partial charge in [-0.2, -0.15) is 0 Å². The number of phenols is 1. The van der Waals surface area contributed by atoms with E-state index in [2.05, 4.69) is 33.8 Å². The molecule has 27 heavy (non-hydrogen) atoms. The van der Waals surface area contributed by atoms with Crippen molar-refractivity contribution in [2.24, 2.45) is 5.92 Å². The second kappa shape index (κ2) is 7.57. The van der Waals surface area contributed by atoms with E-state index in [0.717, 1.165) is 36.8 Å². The molecule has 1 aromatic rings. The van der Waals surface area contributed by atoms with Gasteiger partial charge in [-0.3, -0.25) is 4.79 Å². The predicted molar refractivity (Wildman–Crippen MR) is 106 cm³/mol. The van der Waals surface area contributed by atoms with Crippen LogP contribution in [0.1, 0.15) is 83.3 Å². The van der Waals surface area contributed by atoms with Gasteiger partial charge in [0, 0.05) is 17.4 Å². The molecule has 4 heteroatoms. The smallest absolute Gasteiger partial charge is 0.313 e. The summed E-state index contributed by atoms with van der Waals surface area (Å²) in [6.07, 6.45) is 6.04. The molecule has 0 radical (unpaired) electrons. The average Bonchev–Trinajstić information content (AvgIpc) is 2.59. The van der Waals surface area contributed by atoms with Gasteiger partial charge in [-0.1, -0.05) is 25.0 Å². The van der Waals surface area contributed by atoms with Crippen molar-refractivity contribution < 1.29 is 19.4 Å². The van der Waals surface area contributed by atoms with Gasteiger partial charge in [0.15, 0.2) is 0 Å². The highest BCUT2D eigenvalue weighted by Crippen LogP contribution is 2.54. The Labute approximate surface area is 162 Å². The van der Waals surface area contributed by atoms with Gasteiger partial charge in [0.25, 0.3) is 0 Å². The van der Waals surface area contributed by atoms with Crippen LogP contribution in [-0.4, -0.2) is 23.3 Å². The summed E-state index contributed by atoms with van der Waals surface area (Å²) < 4.78 is 11.7. The molecular formula is C23H32O4. The Hall–Kier alpha value is -1.97. The number of aromatic hydroxyl groups is 1. The van der Waals surface area contributed by atoms with Gasteiger partial charge in [0.05, 0.1) is 12.5 Å². The number of carbonyl (C=O) groups is 1. The molecule has 1 heterocycles. The van der Waals surface area contributed by atoms with Gasteiger partial charge in [-0.05, 0) is 64.7 Å². The number of hydrogen-bond acceptors (Lipinski definition) is 4. The minimum Gasteiger partial charge on any atom is -0.508 e. The van der Waals surface area contributed by atoms with E-state index in [1.807, 2.05) is 13.0 Å². The van der Waals surface area contributed by atoms with Crippen LogP contribution in [0.15, 0.2) is 23.8 Å². The zero-order chi connectivity index (χ0) is 19.8. The van der Waals surface area contributed by atoms with Gasteiger partial charge < -0.3 is 14.6 Å². The molecule has 1 aliphatic heterocycles. The minimum absolute atomic E-state index is 0.232. The van der Waals surface area contributed by atoms with E-state index in [9.17, 15) is 9.90 Å². The molecule has 1 aromatic carbocycles. The number of hydrogen-bond donors (Lipinski definition) is 1. The number of rotatable bonds is 5. The maximum Gasteiger partial charge on any atom is 0.313 e. The summed E-state index contributed by atoms with van der Waals surface area (Å²) in [5.41, 5.74) is 2.67. The SMILES string of the molecule is CCCCOC(=O)[C@@H](C)c1cc(O)c2c(c1)OC(C)(C)C1CC=C(C)C[C@@H]21. The molecular weight excluding hydrogens is 340 g/mol. The lowest BCUT2D eigenvalue weighted by atomic mass is 9.67. The molecule has 0 saturated carbocycles. The zero-order valence-electron chi connectivity index (χ0n) is 17.2. The number of unbranched alkanes of at least 4 members (excludes halogenated alkanes) is 1. The fourth-order valence-electron chi connectivity index (χ4n) is 4.41. The molecule has 0 spiro atoms. The van der Waals surface area contributed by atoms with Gasteiger partial charge in [0.2, 0.25) is 0 Å². The molecule has 3 atom stereocenters. The summed E-state index contributed by atoms with van der Waals surface area (Å²) in [6.45, 7) is 10.7. The second-order valence-corrected chi connectivity index (χ2v) is 8.60. The molecule has 148 valence electrons. The maximum atomic E-state index is 12.3. The Morgan fingerprint density at radius 2 is 2.15 bits per heavy atom. The summed E-state index contributed by atoms with van der Waals surface area (Å²) in [6, 6.07) is 3.64. The van der Waals surface area contributed by atoms with Crippen LogP contribution >= 0.6 is 0 Å². The third-order valence-electron chi connectivity index (χ3n) is 6.12. The summed E-state index contributed by atoms with van der Waals surface area (Å²) in [5.74, 6) is 0.828. The number of phenolic OH excluding ortho intramolecular Hbond substituents is 1. The number of benzene rings is 1. The van der Waals surface area contributed by atoms with Crippen LogP contribution in [0.5, 0.6) is 11.5 Å². The van der Waals surface area contributed by atoms with E-state index in [0.29, 0.717) is 18.3 Å². The minimum atomic E-state index is -0.435. The van der Waals surface area contributed by atoms with Crippen molar-refractivity contribution in [1.29, 1.82) is 0 Å². The van der Waals surface area contributed by atoms with Crippen molar-refractivity contribution in [3.63, 3.8) is 0 Å². The first-order valence-electron chi connectivity index (χ1n) is 10.1. The van der Waals surface area contributed by atoms with Crippen molar-refractivity contribution in [3.05, 3.63) is 34.9 Å². The highest BCUT2D eigenvalue weighted by atomic mass is 16.5. The Bertz CT molecular complexity index is 747. The summed E-state index contributed by atoms with van der Waals surface area (Å²) >= 11 is 0. The van der Waals surface area contributed by atoms with E-state index in [1.165, 1.54) is 5.57 Å². The second-order valence-electron chi connectivity index (χ2n) is 8.60. The Kier molecular flexibility index (Phi) is 5.55. The molecule has 0 bridgehead atoms. The number of esters is 1. The first-order chi connectivity index (χ1) is 12.7. The molecule has 0 saturated heterocycles. The monoisotopic (exact) mass is 372 g/mol. The first kappa shape index (κ1) is 19.8. The van der Waals surface area contributed by atoms with Crippen molar-refractivity contribution in [1.82, 2.24) is 0 Å². The number of allylic oxidation sites excluding steroid dienone is 2. The summed E-state index contributed by atoms with van der Waals surface area (Å²) in [5, 5.41) is 10.8. The van der Waals surface area contributed by atoms with Crippen LogP contribution in [-0.2, 0) is 9.53 Å². The fraction of sp³-hybridized carbons (Fsp3) is 0.609. The van der Waals surface area contributed by atoms with Gasteiger partial charge in [-0.15, -0.1) is 0 Å². The van der Waals surface area contributed by atoms with E-state index in [4.69, 9.17) is 9.47 Å². The molecule has 1 N–H and O–H groups in total. The van der Waals surface area contributed by atoms with Crippen LogP contribution < -0.4 is 4.74 Å². The van der Waals surface area contributed by atoms with E-state index in [1.54, 1.807) is 6.07 Å². The van der Waals surface area contributed by atoms with Gasteiger partial charge >= 0.3 is 5.97 Å². The fourth-order valence-corrected chi connectivity index (χ4v) is 4.41. The van der Waals surface area contributed by atoms with Crippen LogP contribution in [0.2, 0.25) is 0 Å². The van der Waals surface area contributed by atoms with Gasteiger partial charge in [-0.25, -0.2) is 0 Å². The number of ether oxygens (including phenoxy) is 2. The molecule has 2 aliphatic rings. The standard InChI is InChI=1S/C23H32O4/c1-6-7-10-26-22(25)15(3)16-12-19(24)21-17-11-14(2)8-9-18(17)23(4,5)27-20(21)13-16/h8,12-13,15,17-18,24H,6-7,9-11H2,1-5H3/t15-,17+,18?/m0/s1. The Morgan fingerprint density at radius 1 is 1.41 bits per heavy atom. The predicted octanol–water partition coefficient (Wildman–Crippen LogP) is 5.45. The molecule has 0 amide bonds. The summed E-state index contributed by atoms with van der Waals surface area (Å²) in [4.78, 5) is 12.3. The quantitative estimate of drug-likeness (QED) is 0.424. The molecule has 4 nitrogen and oxygen atoms in total. The van der Waals surface area contributed by atoms with Gasteiger partial charge in [0.1, 0.15) is 17.1 Å². The van der Waals surface area contributed by atoms with Crippen LogP contribution in [0.25, 0.3) is 0 Å². The van der Waals surface area contributed by atoms with Crippen LogP contribution in [0, 0.1) is 5.92 Å². The third-order valence-corrected chi connectivity index (χ3v) is 6.12. The molecule has 1 unspecified atom stereocenters. The number of carbonyl (C=O) groups excluding carboxylic acids is 1. The Morgan fingerprint density at radius 3 is 2.85 bits per heavy atom. The lowest BCUT2D eigenvalue weighted by molar-refractivity contribution is -0.145. The van der Waals surface area contributed by atoms with E-state index < -0.39 is 5.92 Å². The van der Waals surface area contributed by atoms with Crippen molar-refractivity contribution in [3.8, 4) is 11.5 Å². The van der Waals surface area contributed by atoms with Crippen LogP contribution in [0.3, 0.4) is 0 Å². The van der Waals surface area contributed by atoms with Crippen molar-refractivity contribution >= 4 is 5.97 Å². The molecule has 3 rings (SSSR count). The first-order valence-corrected chi connectivity index (χ1v) is 10.1. The van der Waals surface area contributed by atoms with E-state index in [-0.39, 0.29) is 23.2 Å². The lowest BCUT2D eigenvalue weighted by Crippen LogP contribution is -2.45. The van der Waals surface area contributed by atoms with Crippen molar-refractivity contribution in [2.45, 2.75) is 77.7 Å². The molecule has 1 aliphatic carbocycles. The normalized spacial score (nSPS) is 24.1. The zero-order valence-corrected chi connectivity index (χ0v) is 17.2. The molecule has 0 fully saturated rings. The Balaban J connectivity index is 1.92. The average molecular weight is 373 g/mol. The van der Waals surface area contributed by atoms with Crippen molar-refractivity contribution in [2.75, 3.05) is 6.61 Å². The van der Waals surface area contributed by atoms with Crippen LogP contribution in [0.4, 0.5) is 0 Å². The highest BCUT2D eigenvalue weighted by molar-refractivity contribution is 5.78. The summed E-state index contributed by atoms with van der Waals surface area (Å²) in [7, 11) is 0. The third kappa shape index (κ3) is 3.85. The maximum absolute atomic E-state index is 12.3. The largest absolute Gasteiger partial charge is 0.508 e. The highest BCUT2D eigenvalue weighted by Gasteiger charge is 2.45. The number of fused-ring (bicyclic) bond motifs is 3.